The quantitative estimate of drug-likeness (QED) is 0.339. The minimum Gasteiger partial charge on any atom is -0.370 e. The zero-order valence-electron chi connectivity index (χ0n) is 17.9. The fourth-order valence-corrected chi connectivity index (χ4v) is 2.95. The van der Waals surface area contributed by atoms with Crippen LogP contribution in [0.4, 0.5) is 30.6 Å². The summed E-state index contributed by atoms with van der Waals surface area (Å²) >= 11 is 0. The molecule has 0 saturated heterocycles. The highest BCUT2D eigenvalue weighted by molar-refractivity contribution is 6.02. The number of nitrogens with one attached hydrogen (secondary N) is 3. The summed E-state index contributed by atoms with van der Waals surface area (Å²) in [5, 5.41) is 9.29. The van der Waals surface area contributed by atoms with Crippen LogP contribution < -0.4 is 16.0 Å². The number of rotatable bonds is 7. The molecule has 0 aliphatic heterocycles. The van der Waals surface area contributed by atoms with Crippen LogP contribution in [0.5, 0.6) is 0 Å². The Morgan fingerprint density at radius 3 is 2.34 bits per heavy atom. The summed E-state index contributed by atoms with van der Waals surface area (Å²) in [6.07, 6.45) is -3.53. The van der Waals surface area contributed by atoms with E-state index in [4.69, 9.17) is 0 Å². The van der Waals surface area contributed by atoms with Crippen molar-refractivity contribution in [3.8, 4) is 0 Å². The molecule has 0 bridgehead atoms. The second-order valence-corrected chi connectivity index (χ2v) is 7.03. The molecule has 0 radical (unpaired) electrons. The third-order valence-corrected chi connectivity index (χ3v) is 4.44. The zero-order valence-corrected chi connectivity index (χ0v) is 17.9. The molecule has 3 rings (SSSR count). The first kappa shape index (κ1) is 23.1. The van der Waals surface area contributed by atoms with Gasteiger partial charge in [0.1, 0.15) is 5.82 Å². The summed E-state index contributed by atoms with van der Waals surface area (Å²) in [5.41, 5.74) is 1.74. The van der Waals surface area contributed by atoms with E-state index in [1.165, 1.54) is 17.7 Å². The van der Waals surface area contributed by atoms with Crippen LogP contribution in [0, 0.1) is 6.92 Å². The molecule has 0 spiro atoms. The molecule has 0 atom stereocenters. The van der Waals surface area contributed by atoms with Gasteiger partial charge in [0.25, 0.3) is 0 Å². The van der Waals surface area contributed by atoms with Gasteiger partial charge in [-0.3, -0.25) is 10.3 Å². The number of guanidine groups is 1. The normalized spacial score (nSPS) is 11.8. The van der Waals surface area contributed by atoms with Gasteiger partial charge >= 0.3 is 6.18 Å². The van der Waals surface area contributed by atoms with Crippen molar-refractivity contribution in [2.75, 3.05) is 29.0 Å². The number of hydrogen-bond donors (Lipinski definition) is 3. The van der Waals surface area contributed by atoms with E-state index in [1.807, 2.05) is 38.1 Å². The lowest BCUT2D eigenvalue weighted by atomic mass is 10.1. The van der Waals surface area contributed by atoms with Gasteiger partial charge in [-0.1, -0.05) is 30.3 Å². The van der Waals surface area contributed by atoms with E-state index in [2.05, 4.69) is 43.0 Å². The predicted octanol–water partition coefficient (Wildman–Crippen LogP) is 5.36. The molecule has 2 aromatic carbocycles. The van der Waals surface area contributed by atoms with Gasteiger partial charge in [-0.15, -0.1) is 0 Å². The molecule has 0 aliphatic rings. The number of anilines is 3. The Morgan fingerprint density at radius 2 is 1.69 bits per heavy atom. The first-order valence-electron chi connectivity index (χ1n) is 10.2. The fraction of sp³-hybridized carbons (Fsp3) is 0.261. The molecule has 32 heavy (non-hydrogen) atoms. The molecule has 0 aliphatic carbocycles. The highest BCUT2D eigenvalue weighted by Gasteiger charge is 2.29. The number of nitrogens with zero attached hydrogens (tertiary/aromatic N) is 3. The van der Waals surface area contributed by atoms with Gasteiger partial charge in [0, 0.05) is 30.5 Å². The van der Waals surface area contributed by atoms with Gasteiger partial charge in [0.15, 0.2) is 0 Å². The molecule has 6 nitrogen and oxygen atoms in total. The van der Waals surface area contributed by atoms with Crippen LogP contribution in [0.1, 0.15) is 23.7 Å². The minimum absolute atomic E-state index is 0.332. The summed E-state index contributed by atoms with van der Waals surface area (Å²) in [7, 11) is 0. The molecular formula is C23H25F3N6. The van der Waals surface area contributed by atoms with Gasteiger partial charge in [-0.2, -0.15) is 18.2 Å². The molecule has 9 heteroatoms. The highest BCUT2D eigenvalue weighted by atomic mass is 19.4. The molecule has 3 aromatic rings. The fourth-order valence-electron chi connectivity index (χ4n) is 2.95. The van der Waals surface area contributed by atoms with Crippen LogP contribution >= 0.6 is 0 Å². The predicted molar refractivity (Wildman–Crippen MR) is 122 cm³/mol. The first-order chi connectivity index (χ1) is 15.3. The summed E-state index contributed by atoms with van der Waals surface area (Å²) in [6, 6.07) is 16.7. The Kier molecular flexibility index (Phi) is 7.64. The van der Waals surface area contributed by atoms with Crippen molar-refractivity contribution in [1.29, 1.82) is 0 Å². The van der Waals surface area contributed by atoms with E-state index in [-0.39, 0.29) is 0 Å². The average Bonchev–Trinajstić information content (AvgIpc) is 2.74. The van der Waals surface area contributed by atoms with Gasteiger partial charge < -0.3 is 10.6 Å². The Balaban J connectivity index is 1.65. The van der Waals surface area contributed by atoms with Crippen LogP contribution in [0.3, 0.4) is 0 Å². The number of aromatic nitrogens is 2. The number of aliphatic imine (C=N–C) groups is 1. The number of alkyl halides is 3. The van der Waals surface area contributed by atoms with Crippen molar-refractivity contribution in [2.24, 2.45) is 4.99 Å². The lowest BCUT2D eigenvalue weighted by Crippen LogP contribution is -2.24. The Bertz CT molecular complexity index is 1030. The molecular weight excluding hydrogens is 417 g/mol. The zero-order chi connectivity index (χ0) is 23.0. The Hall–Kier alpha value is -3.62. The number of hydrogen-bond acceptors (Lipinski definition) is 4. The summed E-state index contributed by atoms with van der Waals surface area (Å²) < 4.78 is 38.3. The number of aryl methyl sites for hydroxylation is 1. The second-order valence-electron chi connectivity index (χ2n) is 7.03. The van der Waals surface area contributed by atoms with Crippen molar-refractivity contribution < 1.29 is 13.2 Å². The summed E-state index contributed by atoms with van der Waals surface area (Å²) in [6.45, 7) is 4.88. The maximum Gasteiger partial charge on any atom is 0.416 e. The highest BCUT2D eigenvalue weighted by Crippen LogP contribution is 2.29. The molecule has 0 amide bonds. The van der Waals surface area contributed by atoms with Crippen LogP contribution in [-0.4, -0.2) is 29.0 Å². The third-order valence-electron chi connectivity index (χ3n) is 4.44. The molecule has 0 saturated carbocycles. The van der Waals surface area contributed by atoms with Crippen molar-refractivity contribution in [3.63, 3.8) is 0 Å². The Morgan fingerprint density at radius 1 is 0.969 bits per heavy atom. The minimum atomic E-state index is -4.38. The van der Waals surface area contributed by atoms with Gasteiger partial charge in [0.2, 0.25) is 11.9 Å². The van der Waals surface area contributed by atoms with Gasteiger partial charge in [-0.25, -0.2) is 4.98 Å². The van der Waals surface area contributed by atoms with Crippen LogP contribution in [0.15, 0.2) is 65.7 Å². The largest absolute Gasteiger partial charge is 0.416 e. The topological polar surface area (TPSA) is 74.2 Å². The van der Waals surface area contributed by atoms with Crippen LogP contribution in [-0.2, 0) is 12.6 Å². The standard InChI is InChI=1S/C23H25F3N6/c1-3-27-21(30-19-11-9-18(10-12-19)23(24,25)26)32-22-29-16(2)15-20(31-22)28-14-13-17-7-5-4-6-8-17/h4-12,15H,3,13-14H2,1-2H3,(H3,27,28,29,30,31,32). The average molecular weight is 442 g/mol. The second kappa shape index (κ2) is 10.6. The van der Waals surface area contributed by atoms with E-state index in [0.717, 1.165) is 24.2 Å². The smallest absolute Gasteiger partial charge is 0.370 e. The first-order valence-corrected chi connectivity index (χ1v) is 10.2. The van der Waals surface area contributed by atoms with Crippen molar-refractivity contribution >= 4 is 23.4 Å². The van der Waals surface area contributed by atoms with Crippen LogP contribution in [0.2, 0.25) is 0 Å². The Labute approximate surface area is 185 Å². The SMILES string of the molecule is CCN=C(Nc1ccc(C(F)(F)F)cc1)Nc1nc(C)cc(NCCc2ccccc2)n1. The molecule has 1 aromatic heterocycles. The number of halogens is 3. The third kappa shape index (κ3) is 6.97. The molecule has 1 heterocycles. The monoisotopic (exact) mass is 442 g/mol. The maximum absolute atomic E-state index is 12.8. The van der Waals surface area contributed by atoms with E-state index in [9.17, 15) is 13.2 Å². The summed E-state index contributed by atoms with van der Waals surface area (Å²) in [5.74, 6) is 1.34. The van der Waals surface area contributed by atoms with Crippen molar-refractivity contribution in [2.45, 2.75) is 26.4 Å². The van der Waals surface area contributed by atoms with E-state index < -0.39 is 11.7 Å². The lowest BCUT2D eigenvalue weighted by Gasteiger charge is -2.14. The van der Waals surface area contributed by atoms with Crippen molar-refractivity contribution in [3.05, 3.63) is 77.5 Å². The molecule has 0 fully saturated rings. The lowest BCUT2D eigenvalue weighted by molar-refractivity contribution is -0.137. The van der Waals surface area contributed by atoms with Crippen LogP contribution in [0.25, 0.3) is 0 Å². The van der Waals surface area contributed by atoms with E-state index in [1.54, 1.807) is 0 Å². The molecule has 3 N–H and O–H groups in total. The summed E-state index contributed by atoms with van der Waals surface area (Å²) in [4.78, 5) is 13.2. The van der Waals surface area contributed by atoms with Gasteiger partial charge in [-0.05, 0) is 50.1 Å². The van der Waals surface area contributed by atoms with E-state index >= 15 is 0 Å². The number of benzene rings is 2. The molecule has 168 valence electrons. The van der Waals surface area contributed by atoms with Gasteiger partial charge in [0.05, 0.1) is 5.56 Å². The molecule has 0 unspecified atom stereocenters. The maximum atomic E-state index is 12.8. The van der Waals surface area contributed by atoms with E-state index in [0.29, 0.717) is 36.5 Å². The van der Waals surface area contributed by atoms with Crippen molar-refractivity contribution in [1.82, 2.24) is 9.97 Å².